The number of nitrogens with one attached hydrogen (secondary N) is 1. The van der Waals surface area contributed by atoms with Crippen LogP contribution in [0.4, 0.5) is 5.69 Å². The Hall–Kier alpha value is -1.00. The maximum Gasteiger partial charge on any atom is 0.0868 e. The number of rotatable bonds is 5. The van der Waals surface area contributed by atoms with Crippen molar-refractivity contribution < 1.29 is 0 Å². The normalized spacial score (nSPS) is 10.8. The van der Waals surface area contributed by atoms with Gasteiger partial charge >= 0.3 is 0 Å². The topological polar surface area (TPSA) is 29.9 Å². The molecule has 0 amide bonds. The largest absolute Gasteiger partial charge is 0.379 e. The SMILES string of the molecule is CCc1cc(Br)ccc1NCc1c(Cl)c(CC)nn1C. The average Bonchev–Trinajstić information content (AvgIpc) is 2.72. The van der Waals surface area contributed by atoms with Crippen molar-refractivity contribution in [2.45, 2.75) is 33.2 Å². The van der Waals surface area contributed by atoms with E-state index in [1.54, 1.807) is 0 Å². The summed E-state index contributed by atoms with van der Waals surface area (Å²) < 4.78 is 2.96. The van der Waals surface area contributed by atoms with E-state index in [9.17, 15) is 0 Å². The molecule has 0 saturated carbocycles. The Balaban J connectivity index is 2.19. The van der Waals surface area contributed by atoms with E-state index in [1.807, 2.05) is 17.8 Å². The lowest BCUT2D eigenvalue weighted by molar-refractivity contribution is 0.706. The zero-order chi connectivity index (χ0) is 14.7. The summed E-state index contributed by atoms with van der Waals surface area (Å²) in [7, 11) is 1.93. The summed E-state index contributed by atoms with van der Waals surface area (Å²) in [5.41, 5.74) is 4.41. The van der Waals surface area contributed by atoms with E-state index >= 15 is 0 Å². The molecule has 0 bridgehead atoms. The Labute approximate surface area is 133 Å². The standard InChI is InChI=1S/C15H19BrClN3/c1-4-10-8-11(16)6-7-13(10)18-9-14-15(17)12(5-2)19-20(14)3/h6-8,18H,4-5,9H2,1-3H3. The van der Waals surface area contributed by atoms with E-state index in [-0.39, 0.29) is 0 Å². The molecule has 0 aliphatic rings. The fourth-order valence-electron chi connectivity index (χ4n) is 2.22. The van der Waals surface area contributed by atoms with E-state index < -0.39 is 0 Å². The second-order valence-electron chi connectivity index (χ2n) is 4.69. The number of hydrogen-bond donors (Lipinski definition) is 1. The van der Waals surface area contributed by atoms with Crippen LogP contribution in [0.2, 0.25) is 5.02 Å². The molecule has 0 aliphatic carbocycles. The summed E-state index contributed by atoms with van der Waals surface area (Å²) in [4.78, 5) is 0. The van der Waals surface area contributed by atoms with Gasteiger partial charge in [-0.05, 0) is 36.6 Å². The van der Waals surface area contributed by atoms with Crippen LogP contribution in [0.1, 0.15) is 30.8 Å². The van der Waals surface area contributed by atoms with E-state index in [2.05, 4.69) is 52.3 Å². The van der Waals surface area contributed by atoms with Crippen molar-refractivity contribution in [2.75, 3.05) is 5.32 Å². The highest BCUT2D eigenvalue weighted by Crippen LogP contribution is 2.25. The summed E-state index contributed by atoms with van der Waals surface area (Å²) in [6.07, 6.45) is 1.84. The molecule has 0 saturated heterocycles. The second-order valence-corrected chi connectivity index (χ2v) is 5.99. The summed E-state index contributed by atoms with van der Waals surface area (Å²) in [5, 5.41) is 8.67. The molecular formula is C15H19BrClN3. The molecule has 20 heavy (non-hydrogen) atoms. The zero-order valence-corrected chi connectivity index (χ0v) is 14.3. The third kappa shape index (κ3) is 3.18. The van der Waals surface area contributed by atoms with Crippen LogP contribution >= 0.6 is 27.5 Å². The van der Waals surface area contributed by atoms with Gasteiger partial charge in [0.15, 0.2) is 0 Å². The van der Waals surface area contributed by atoms with Crippen LogP contribution in [0.3, 0.4) is 0 Å². The summed E-state index contributed by atoms with van der Waals surface area (Å²) >= 11 is 9.87. The van der Waals surface area contributed by atoms with Gasteiger partial charge in [0.25, 0.3) is 0 Å². The van der Waals surface area contributed by atoms with Crippen LogP contribution in [0.15, 0.2) is 22.7 Å². The van der Waals surface area contributed by atoms with E-state index in [0.717, 1.165) is 39.4 Å². The maximum atomic E-state index is 6.36. The van der Waals surface area contributed by atoms with Crippen LogP contribution in [0, 0.1) is 0 Å². The molecule has 0 unspecified atom stereocenters. The molecule has 1 aromatic carbocycles. The van der Waals surface area contributed by atoms with Crippen molar-refractivity contribution in [3.8, 4) is 0 Å². The fourth-order valence-corrected chi connectivity index (χ4v) is 2.99. The third-order valence-corrected chi connectivity index (χ3v) is 4.33. The lowest BCUT2D eigenvalue weighted by Crippen LogP contribution is -2.07. The molecule has 3 nitrogen and oxygen atoms in total. The minimum absolute atomic E-state index is 0.678. The predicted octanol–water partition coefficient (Wildman–Crippen LogP) is 4.57. The molecule has 0 spiro atoms. The minimum Gasteiger partial charge on any atom is -0.379 e. The van der Waals surface area contributed by atoms with Crippen LogP contribution in [0.25, 0.3) is 0 Å². The fraction of sp³-hybridized carbons (Fsp3) is 0.400. The van der Waals surface area contributed by atoms with Gasteiger partial charge in [-0.2, -0.15) is 5.10 Å². The molecule has 0 aliphatic heterocycles. The lowest BCUT2D eigenvalue weighted by atomic mass is 10.1. The summed E-state index contributed by atoms with van der Waals surface area (Å²) in [6, 6.07) is 6.28. The predicted molar refractivity (Wildman–Crippen MR) is 88.4 cm³/mol. The Morgan fingerprint density at radius 3 is 2.65 bits per heavy atom. The van der Waals surface area contributed by atoms with Crippen molar-refractivity contribution in [3.63, 3.8) is 0 Å². The van der Waals surface area contributed by atoms with E-state index in [0.29, 0.717) is 6.54 Å². The number of halogens is 2. The Kier molecular flexibility index (Phi) is 5.11. The monoisotopic (exact) mass is 355 g/mol. The van der Waals surface area contributed by atoms with E-state index in [1.165, 1.54) is 5.56 Å². The van der Waals surface area contributed by atoms with Crippen molar-refractivity contribution >= 4 is 33.2 Å². The minimum atomic E-state index is 0.678. The van der Waals surface area contributed by atoms with Gasteiger partial charge in [0.2, 0.25) is 0 Å². The van der Waals surface area contributed by atoms with Crippen LogP contribution in [0.5, 0.6) is 0 Å². The number of hydrogen-bond acceptors (Lipinski definition) is 2. The maximum absolute atomic E-state index is 6.36. The van der Waals surface area contributed by atoms with Gasteiger partial charge in [0.1, 0.15) is 0 Å². The number of anilines is 1. The van der Waals surface area contributed by atoms with Crippen molar-refractivity contribution in [2.24, 2.45) is 7.05 Å². The van der Waals surface area contributed by atoms with Crippen molar-refractivity contribution in [1.29, 1.82) is 0 Å². The number of aryl methyl sites for hydroxylation is 3. The van der Waals surface area contributed by atoms with Gasteiger partial charge in [-0.15, -0.1) is 0 Å². The first-order valence-electron chi connectivity index (χ1n) is 6.79. The summed E-state index contributed by atoms with van der Waals surface area (Å²) in [6.45, 7) is 4.89. The number of aromatic nitrogens is 2. The van der Waals surface area contributed by atoms with Crippen LogP contribution < -0.4 is 5.32 Å². The molecule has 1 aromatic heterocycles. The highest BCUT2D eigenvalue weighted by molar-refractivity contribution is 9.10. The van der Waals surface area contributed by atoms with Gasteiger partial charge in [-0.3, -0.25) is 4.68 Å². The molecule has 2 aromatic rings. The lowest BCUT2D eigenvalue weighted by Gasteiger charge is -2.12. The highest BCUT2D eigenvalue weighted by atomic mass is 79.9. The number of benzene rings is 1. The first kappa shape index (κ1) is 15.4. The van der Waals surface area contributed by atoms with Crippen LogP contribution in [-0.2, 0) is 26.4 Å². The zero-order valence-electron chi connectivity index (χ0n) is 12.0. The molecule has 1 N–H and O–H groups in total. The average molecular weight is 357 g/mol. The quantitative estimate of drug-likeness (QED) is 0.850. The molecule has 0 atom stereocenters. The van der Waals surface area contributed by atoms with Gasteiger partial charge < -0.3 is 5.32 Å². The Morgan fingerprint density at radius 1 is 1.30 bits per heavy atom. The molecule has 2 rings (SSSR count). The molecule has 108 valence electrons. The highest BCUT2D eigenvalue weighted by Gasteiger charge is 2.13. The Morgan fingerprint density at radius 2 is 2.05 bits per heavy atom. The first-order valence-corrected chi connectivity index (χ1v) is 7.96. The van der Waals surface area contributed by atoms with Crippen molar-refractivity contribution in [1.82, 2.24) is 9.78 Å². The van der Waals surface area contributed by atoms with Crippen LogP contribution in [-0.4, -0.2) is 9.78 Å². The third-order valence-electron chi connectivity index (χ3n) is 3.40. The van der Waals surface area contributed by atoms with E-state index in [4.69, 9.17) is 11.6 Å². The molecule has 1 heterocycles. The van der Waals surface area contributed by atoms with Gasteiger partial charge in [-0.1, -0.05) is 41.4 Å². The summed E-state index contributed by atoms with van der Waals surface area (Å²) in [5.74, 6) is 0. The molecule has 0 radical (unpaired) electrons. The van der Waals surface area contributed by atoms with Gasteiger partial charge in [0, 0.05) is 17.2 Å². The first-order chi connectivity index (χ1) is 9.56. The van der Waals surface area contributed by atoms with Crippen molar-refractivity contribution in [3.05, 3.63) is 44.6 Å². The molecule has 5 heteroatoms. The smallest absolute Gasteiger partial charge is 0.0868 e. The number of nitrogens with zero attached hydrogens (tertiary/aromatic N) is 2. The molecular weight excluding hydrogens is 338 g/mol. The van der Waals surface area contributed by atoms with Gasteiger partial charge in [0.05, 0.1) is 23.0 Å². The molecule has 0 fully saturated rings. The van der Waals surface area contributed by atoms with Gasteiger partial charge in [-0.25, -0.2) is 0 Å². The Bertz CT molecular complexity index is 607. The second kappa shape index (κ2) is 6.64.